The van der Waals surface area contributed by atoms with Gasteiger partial charge in [-0.2, -0.15) is 0 Å². The SMILES string of the molecule is CSC(SC)N(C)C. The Morgan fingerprint density at radius 3 is 1.50 bits per heavy atom. The number of thioether (sulfide) groups is 2. The summed E-state index contributed by atoms with van der Waals surface area (Å²) in [6.07, 6.45) is 4.25. The molecule has 3 heteroatoms. The number of rotatable bonds is 3. The largest absolute Gasteiger partial charge is 0.289 e. The fraction of sp³-hybridized carbons (Fsp3) is 1.00. The monoisotopic (exact) mass is 151 g/mol. The van der Waals surface area contributed by atoms with E-state index in [9.17, 15) is 0 Å². The molecular formula is C5H13NS2. The summed E-state index contributed by atoms with van der Waals surface area (Å²) in [5.41, 5.74) is 0. The van der Waals surface area contributed by atoms with Gasteiger partial charge in [0.25, 0.3) is 0 Å². The molecule has 50 valence electrons. The van der Waals surface area contributed by atoms with E-state index in [1.165, 1.54) is 0 Å². The van der Waals surface area contributed by atoms with E-state index in [2.05, 4.69) is 31.5 Å². The van der Waals surface area contributed by atoms with Crippen molar-refractivity contribution in [2.75, 3.05) is 26.6 Å². The predicted molar refractivity (Wildman–Crippen MR) is 44.5 cm³/mol. The van der Waals surface area contributed by atoms with E-state index in [4.69, 9.17) is 0 Å². The third-order valence-corrected chi connectivity index (χ3v) is 3.63. The molecule has 0 unspecified atom stereocenters. The van der Waals surface area contributed by atoms with Crippen molar-refractivity contribution in [1.29, 1.82) is 0 Å². The molecule has 0 amide bonds. The van der Waals surface area contributed by atoms with Gasteiger partial charge in [0.1, 0.15) is 4.71 Å². The number of hydrogen-bond donors (Lipinski definition) is 0. The van der Waals surface area contributed by atoms with Gasteiger partial charge in [0.15, 0.2) is 0 Å². The van der Waals surface area contributed by atoms with E-state index in [0.717, 1.165) is 0 Å². The third kappa shape index (κ3) is 2.84. The highest BCUT2D eigenvalue weighted by Gasteiger charge is 2.04. The minimum absolute atomic E-state index is 0.620. The lowest BCUT2D eigenvalue weighted by molar-refractivity contribution is 0.461. The predicted octanol–water partition coefficient (Wildman–Crippen LogP) is 1.56. The van der Waals surface area contributed by atoms with Gasteiger partial charge < -0.3 is 0 Å². The molecule has 0 heterocycles. The van der Waals surface area contributed by atoms with Crippen LogP contribution in [0.3, 0.4) is 0 Å². The van der Waals surface area contributed by atoms with Crippen molar-refractivity contribution < 1.29 is 0 Å². The van der Waals surface area contributed by atoms with Gasteiger partial charge in [-0.15, -0.1) is 23.5 Å². The van der Waals surface area contributed by atoms with Crippen molar-refractivity contribution in [3.05, 3.63) is 0 Å². The number of hydrogen-bond acceptors (Lipinski definition) is 3. The molecular weight excluding hydrogens is 138 g/mol. The second kappa shape index (κ2) is 4.53. The van der Waals surface area contributed by atoms with Crippen LogP contribution in [0.1, 0.15) is 0 Å². The quantitative estimate of drug-likeness (QED) is 0.564. The van der Waals surface area contributed by atoms with Crippen LogP contribution in [-0.2, 0) is 0 Å². The second-order valence-electron chi connectivity index (χ2n) is 1.74. The lowest BCUT2D eigenvalue weighted by Gasteiger charge is -2.18. The van der Waals surface area contributed by atoms with E-state index in [-0.39, 0.29) is 0 Å². The molecule has 0 fully saturated rings. The first-order chi connectivity index (χ1) is 3.72. The zero-order valence-corrected chi connectivity index (χ0v) is 7.47. The highest BCUT2D eigenvalue weighted by Crippen LogP contribution is 2.19. The summed E-state index contributed by atoms with van der Waals surface area (Å²) in [5.74, 6) is 0. The molecule has 0 saturated heterocycles. The second-order valence-corrected chi connectivity index (χ2v) is 3.88. The van der Waals surface area contributed by atoms with Gasteiger partial charge in [-0.3, -0.25) is 4.90 Å². The van der Waals surface area contributed by atoms with E-state index in [1.807, 2.05) is 23.5 Å². The Bertz CT molecular complexity index is 52.4. The summed E-state index contributed by atoms with van der Waals surface area (Å²) in [6.45, 7) is 0. The molecule has 1 nitrogen and oxygen atoms in total. The third-order valence-electron chi connectivity index (χ3n) is 0.825. The van der Waals surface area contributed by atoms with Crippen LogP contribution in [0.2, 0.25) is 0 Å². The molecule has 0 aliphatic rings. The van der Waals surface area contributed by atoms with Gasteiger partial charge in [0.05, 0.1) is 0 Å². The van der Waals surface area contributed by atoms with Crippen LogP contribution in [0.15, 0.2) is 0 Å². The van der Waals surface area contributed by atoms with E-state index < -0.39 is 0 Å². The standard InChI is InChI=1S/C5H13NS2/c1-6(2)5(7-3)8-4/h5H,1-4H3. The highest BCUT2D eigenvalue weighted by molar-refractivity contribution is 8.16. The lowest BCUT2D eigenvalue weighted by atomic mass is 11.0. The van der Waals surface area contributed by atoms with Crippen LogP contribution in [0, 0.1) is 0 Å². The van der Waals surface area contributed by atoms with Crippen molar-refractivity contribution in [1.82, 2.24) is 4.90 Å². The molecule has 0 spiro atoms. The maximum Gasteiger partial charge on any atom is 0.102 e. The first kappa shape index (κ1) is 8.66. The average Bonchev–Trinajstić information content (AvgIpc) is 1.69. The topological polar surface area (TPSA) is 3.24 Å². The first-order valence-electron chi connectivity index (χ1n) is 2.44. The molecule has 0 aromatic carbocycles. The van der Waals surface area contributed by atoms with Crippen molar-refractivity contribution in [3.63, 3.8) is 0 Å². The van der Waals surface area contributed by atoms with Crippen molar-refractivity contribution in [2.45, 2.75) is 4.71 Å². The smallest absolute Gasteiger partial charge is 0.102 e. The summed E-state index contributed by atoms with van der Waals surface area (Å²) in [6, 6.07) is 0. The Morgan fingerprint density at radius 2 is 1.50 bits per heavy atom. The normalized spacial score (nSPS) is 11.2. The first-order valence-corrected chi connectivity index (χ1v) is 5.02. The summed E-state index contributed by atoms with van der Waals surface area (Å²) < 4.78 is 0.620. The molecule has 0 rings (SSSR count). The molecule has 0 aromatic heterocycles. The van der Waals surface area contributed by atoms with Crippen LogP contribution >= 0.6 is 23.5 Å². The maximum absolute atomic E-state index is 2.20. The Hall–Kier alpha value is 0.660. The van der Waals surface area contributed by atoms with Crippen molar-refractivity contribution >= 4 is 23.5 Å². The summed E-state index contributed by atoms with van der Waals surface area (Å²) in [4.78, 5) is 2.20. The van der Waals surface area contributed by atoms with Crippen LogP contribution < -0.4 is 0 Å². The van der Waals surface area contributed by atoms with Gasteiger partial charge in [0.2, 0.25) is 0 Å². The summed E-state index contributed by atoms with van der Waals surface area (Å²) in [5, 5.41) is 0. The molecule has 8 heavy (non-hydrogen) atoms. The Balaban J connectivity index is 3.35. The summed E-state index contributed by atoms with van der Waals surface area (Å²) in [7, 11) is 4.19. The zero-order chi connectivity index (χ0) is 6.57. The van der Waals surface area contributed by atoms with Gasteiger partial charge in [-0.1, -0.05) is 0 Å². The highest BCUT2D eigenvalue weighted by atomic mass is 32.2. The lowest BCUT2D eigenvalue weighted by Crippen LogP contribution is -2.20. The van der Waals surface area contributed by atoms with Crippen LogP contribution in [-0.4, -0.2) is 36.2 Å². The molecule has 0 bridgehead atoms. The molecule has 0 aliphatic carbocycles. The fourth-order valence-corrected chi connectivity index (χ4v) is 2.13. The van der Waals surface area contributed by atoms with Crippen LogP contribution in [0.25, 0.3) is 0 Å². The maximum atomic E-state index is 2.20. The minimum Gasteiger partial charge on any atom is -0.289 e. The van der Waals surface area contributed by atoms with E-state index in [1.54, 1.807) is 0 Å². The molecule has 0 saturated carbocycles. The molecule has 0 aromatic rings. The van der Waals surface area contributed by atoms with Gasteiger partial charge in [0, 0.05) is 0 Å². The van der Waals surface area contributed by atoms with E-state index >= 15 is 0 Å². The minimum atomic E-state index is 0.620. The zero-order valence-electron chi connectivity index (χ0n) is 5.84. The van der Waals surface area contributed by atoms with Crippen molar-refractivity contribution in [3.8, 4) is 0 Å². The molecule has 0 N–H and O–H groups in total. The Kier molecular flexibility index (Phi) is 4.90. The van der Waals surface area contributed by atoms with Gasteiger partial charge >= 0.3 is 0 Å². The fourth-order valence-electron chi connectivity index (χ4n) is 0.518. The average molecular weight is 151 g/mol. The Labute approximate surface area is 60.2 Å². The van der Waals surface area contributed by atoms with E-state index in [0.29, 0.717) is 4.71 Å². The van der Waals surface area contributed by atoms with Crippen LogP contribution in [0.4, 0.5) is 0 Å². The molecule has 0 atom stereocenters. The summed E-state index contributed by atoms with van der Waals surface area (Å²) >= 11 is 3.73. The molecule has 0 radical (unpaired) electrons. The van der Waals surface area contributed by atoms with Gasteiger partial charge in [-0.05, 0) is 26.6 Å². The van der Waals surface area contributed by atoms with Crippen LogP contribution in [0.5, 0.6) is 0 Å². The number of nitrogens with zero attached hydrogens (tertiary/aromatic N) is 1. The Morgan fingerprint density at radius 1 is 1.12 bits per heavy atom. The molecule has 0 aliphatic heterocycles. The van der Waals surface area contributed by atoms with Gasteiger partial charge in [-0.25, -0.2) is 0 Å². The van der Waals surface area contributed by atoms with Crippen molar-refractivity contribution in [2.24, 2.45) is 0 Å².